The Hall–Kier alpha value is -0.992. The van der Waals surface area contributed by atoms with Crippen LogP contribution in [-0.2, 0) is 26.7 Å². The van der Waals surface area contributed by atoms with Crippen LogP contribution < -0.4 is 5.11 Å². The number of carboxylic acids is 1. The summed E-state index contributed by atoms with van der Waals surface area (Å²) in [6, 6.07) is 0.0610. The van der Waals surface area contributed by atoms with Crippen LogP contribution in [0.4, 0.5) is 26.3 Å². The van der Waals surface area contributed by atoms with Crippen LogP contribution in [0.5, 0.6) is 0 Å². The highest BCUT2D eigenvalue weighted by Crippen LogP contribution is 2.37. The topological polar surface area (TPSA) is 94.1 Å². The van der Waals surface area contributed by atoms with Gasteiger partial charge in [0, 0.05) is 11.6 Å². The van der Waals surface area contributed by atoms with Crippen molar-refractivity contribution in [2.24, 2.45) is 0 Å². The molecule has 0 N–H and O–H groups in total. The van der Waals surface area contributed by atoms with E-state index in [0.29, 0.717) is 0 Å². The van der Waals surface area contributed by atoms with Crippen LogP contribution in [0.25, 0.3) is 0 Å². The van der Waals surface area contributed by atoms with Crippen molar-refractivity contribution in [1.82, 2.24) is 0 Å². The Kier molecular flexibility index (Phi) is 11.9. The van der Waals surface area contributed by atoms with E-state index in [9.17, 15) is 41.0 Å². The van der Waals surface area contributed by atoms with Crippen LogP contribution in [0.15, 0.2) is 11.6 Å². The van der Waals surface area contributed by atoms with Crippen LogP contribution in [0, 0.1) is 0 Å². The summed E-state index contributed by atoms with van der Waals surface area (Å²) in [7, 11) is -10.3. The highest BCUT2D eigenvalue weighted by molar-refractivity contribution is 6.90. The molecule has 17 heteroatoms. The number of ether oxygens (including phenoxy) is 1. The molecule has 0 aromatic heterocycles. The van der Waals surface area contributed by atoms with Crippen molar-refractivity contribution in [1.29, 1.82) is 0 Å². The highest BCUT2D eigenvalue weighted by atomic mass is 28.5. The number of hydrogen-bond acceptors (Lipinski definition) is 7. The molecule has 0 fully saturated rings. The Labute approximate surface area is 211 Å². The maximum Gasteiger partial charge on any atom is 0.469 e. The molecule has 0 saturated heterocycles. The van der Waals surface area contributed by atoms with Gasteiger partial charge in [-0.15, -0.1) is 0 Å². The molecule has 36 heavy (non-hydrogen) atoms. The smallest absolute Gasteiger partial charge is 0.469 e. The van der Waals surface area contributed by atoms with E-state index in [0.717, 1.165) is 0 Å². The summed E-state index contributed by atoms with van der Waals surface area (Å²) in [4.78, 5) is 23.2. The van der Waals surface area contributed by atoms with E-state index in [-0.39, 0.29) is 18.5 Å². The summed E-state index contributed by atoms with van der Waals surface area (Å²) in [5.41, 5.74) is -0.912. The third kappa shape index (κ3) is 14.7. The summed E-state index contributed by atoms with van der Waals surface area (Å²) < 4.78 is 99.7. The number of hydrogen-bond donors (Lipinski definition) is 0. The zero-order valence-electron chi connectivity index (χ0n) is 21.9. The number of carbonyl (C=O) groups is 2. The van der Waals surface area contributed by atoms with E-state index in [1.165, 1.54) is 0 Å². The second kappa shape index (κ2) is 12.2. The summed E-state index contributed by atoms with van der Waals surface area (Å²) in [5.74, 6) is -4.04. The number of esters is 1. The van der Waals surface area contributed by atoms with Gasteiger partial charge < -0.3 is 27.0 Å². The van der Waals surface area contributed by atoms with Crippen molar-refractivity contribution in [2.45, 2.75) is 96.3 Å². The van der Waals surface area contributed by atoms with Crippen molar-refractivity contribution in [3.63, 3.8) is 0 Å². The van der Waals surface area contributed by atoms with Crippen molar-refractivity contribution in [3.05, 3.63) is 11.6 Å². The number of aliphatic carboxylic acids is 1. The zero-order chi connectivity index (χ0) is 29.0. The summed E-state index contributed by atoms with van der Waals surface area (Å²) >= 11 is 0. The van der Waals surface area contributed by atoms with Gasteiger partial charge in [0.05, 0.1) is 5.97 Å². The first kappa shape index (κ1) is 35.0. The van der Waals surface area contributed by atoms with E-state index in [1.807, 2.05) is 58.9 Å². The fourth-order valence-electron chi connectivity index (χ4n) is 2.99. The van der Waals surface area contributed by atoms with E-state index >= 15 is 0 Å². The quantitative estimate of drug-likeness (QED) is 0.127. The Bertz CT molecular complexity index is 742. The van der Waals surface area contributed by atoms with Crippen molar-refractivity contribution < 1.29 is 58.1 Å². The van der Waals surface area contributed by atoms with Crippen LogP contribution in [-0.4, -0.2) is 64.2 Å². The van der Waals surface area contributed by atoms with Crippen molar-refractivity contribution >= 4 is 45.7 Å². The second-order valence-corrected chi connectivity index (χ2v) is 28.0. The third-order valence-corrected chi connectivity index (χ3v) is 15.7. The first-order valence-electron chi connectivity index (χ1n) is 11.0. The molecule has 0 radical (unpaired) electrons. The van der Waals surface area contributed by atoms with E-state index in [4.69, 9.17) is 12.3 Å². The number of halogens is 6. The van der Waals surface area contributed by atoms with Crippen molar-refractivity contribution in [2.75, 3.05) is 0 Å². The molecule has 0 rings (SSSR count). The van der Waals surface area contributed by atoms with Gasteiger partial charge in [0.15, 0.2) is 25.0 Å². The minimum Gasteiger partial charge on any atom is -0.545 e. The number of carbonyl (C=O) groups excluding carboxylic acids is 2. The molecular weight excluding hydrogens is 567 g/mol. The van der Waals surface area contributed by atoms with E-state index < -0.39 is 76.1 Å². The molecule has 0 aromatic rings. The average molecular weight is 602 g/mol. The van der Waals surface area contributed by atoms with Crippen LogP contribution in [0.1, 0.15) is 12.8 Å². The van der Waals surface area contributed by atoms with Gasteiger partial charge in [-0.25, -0.2) is 4.79 Å². The van der Waals surface area contributed by atoms with Crippen LogP contribution >= 0.6 is 0 Å². The molecule has 0 aliphatic heterocycles. The standard InChI is InChI=1S/C19H36F6O7Si4/c1-33(2,3)30-36(31-34(4,5)6,32-35(7,8)9)12-10-11-14(13-15(26)27)16(28)29-17(18(20,21)22)19(23,24)25/h13,17H,10-12H2,1-9H3,(H,26,27)/p-1/b14-13+. The second-order valence-electron chi connectivity index (χ2n) is 11.0. The fourth-order valence-corrected chi connectivity index (χ4v) is 17.6. The van der Waals surface area contributed by atoms with Gasteiger partial charge in [0.25, 0.3) is 6.10 Å². The molecule has 0 aliphatic rings. The lowest BCUT2D eigenvalue weighted by atomic mass is 10.1. The number of rotatable bonds is 13. The first-order chi connectivity index (χ1) is 15.7. The van der Waals surface area contributed by atoms with Gasteiger partial charge >= 0.3 is 27.1 Å². The molecule has 0 unspecified atom stereocenters. The number of carboxylic acid groups (broad SMARTS) is 1. The molecule has 212 valence electrons. The minimum atomic E-state index is -5.94. The van der Waals surface area contributed by atoms with Gasteiger partial charge in [-0.1, -0.05) is 0 Å². The van der Waals surface area contributed by atoms with Crippen molar-refractivity contribution in [3.8, 4) is 0 Å². The molecule has 0 amide bonds. The Morgan fingerprint density at radius 2 is 1.14 bits per heavy atom. The maximum absolute atomic E-state index is 12.8. The monoisotopic (exact) mass is 601 g/mol. The van der Waals surface area contributed by atoms with Gasteiger partial charge in [-0.3, -0.25) is 0 Å². The first-order valence-corrected chi connectivity index (χ1v) is 23.2. The molecule has 0 heterocycles. The Morgan fingerprint density at radius 1 is 0.778 bits per heavy atom. The normalized spacial score (nSPS) is 14.8. The van der Waals surface area contributed by atoms with E-state index in [1.54, 1.807) is 0 Å². The lowest BCUT2D eigenvalue weighted by molar-refractivity contribution is -0.312. The summed E-state index contributed by atoms with van der Waals surface area (Å²) in [6.45, 7) is 17.2. The minimum absolute atomic E-state index is 0.0610. The highest BCUT2D eigenvalue weighted by Gasteiger charge is 2.60. The van der Waals surface area contributed by atoms with Gasteiger partial charge in [-0.2, -0.15) is 26.3 Å². The predicted molar refractivity (Wildman–Crippen MR) is 128 cm³/mol. The molecule has 0 saturated carbocycles. The average Bonchev–Trinajstić information content (AvgIpc) is 2.50. The maximum atomic E-state index is 12.8. The summed E-state index contributed by atoms with van der Waals surface area (Å²) in [5, 5.41) is 11.0. The van der Waals surface area contributed by atoms with Gasteiger partial charge in [0.2, 0.25) is 0 Å². The predicted octanol–water partition coefficient (Wildman–Crippen LogP) is 4.97. The molecule has 0 bridgehead atoms. The molecular formula is C19H35F6O7Si4-. The molecule has 0 atom stereocenters. The molecule has 0 aliphatic carbocycles. The Balaban J connectivity index is 6.05. The largest absolute Gasteiger partial charge is 0.545 e. The SMILES string of the molecule is C[Si](C)(C)O[Si](CCC/C(=C\C(=O)[O-])C(=O)OC(C(F)(F)F)C(F)(F)F)(O[Si](C)(C)C)O[Si](C)(C)C. The fraction of sp³-hybridized carbons (Fsp3) is 0.789. The van der Waals surface area contributed by atoms with Gasteiger partial charge in [-0.05, 0) is 77.8 Å². The van der Waals surface area contributed by atoms with Crippen LogP contribution in [0.3, 0.4) is 0 Å². The summed E-state index contributed by atoms with van der Waals surface area (Å²) in [6.07, 6.45) is -16.8. The number of alkyl halides is 6. The third-order valence-electron chi connectivity index (χ3n) is 3.69. The molecule has 0 aromatic carbocycles. The molecule has 0 spiro atoms. The van der Waals surface area contributed by atoms with E-state index in [2.05, 4.69) is 4.74 Å². The van der Waals surface area contributed by atoms with Gasteiger partial charge in [0.1, 0.15) is 0 Å². The lowest BCUT2D eigenvalue weighted by Gasteiger charge is -2.43. The zero-order valence-corrected chi connectivity index (χ0v) is 25.9. The lowest BCUT2D eigenvalue weighted by Crippen LogP contribution is -2.60. The Morgan fingerprint density at radius 3 is 1.42 bits per heavy atom. The molecule has 7 nitrogen and oxygen atoms in total. The van der Waals surface area contributed by atoms with Crippen LogP contribution in [0.2, 0.25) is 65.0 Å².